The summed E-state index contributed by atoms with van der Waals surface area (Å²) in [6, 6.07) is 8.08. The number of nitrogens with one attached hydrogen (secondary N) is 1. The Morgan fingerprint density at radius 3 is 2.65 bits per heavy atom. The van der Waals surface area contributed by atoms with Gasteiger partial charge in [-0.15, -0.1) is 11.3 Å². The summed E-state index contributed by atoms with van der Waals surface area (Å²) < 4.78 is 25.0. The Bertz CT molecular complexity index is 1360. The second-order valence-electron chi connectivity index (χ2n) is 6.17. The number of aromatic nitrogens is 2. The van der Waals surface area contributed by atoms with E-state index in [0.29, 0.717) is 4.67 Å². The van der Waals surface area contributed by atoms with Crippen LogP contribution in [0.3, 0.4) is 0 Å². The minimum Gasteiger partial charge on any atom is -0.461 e. The number of ether oxygens (including phenoxy) is 1. The van der Waals surface area contributed by atoms with Crippen molar-refractivity contribution in [3.05, 3.63) is 74.1 Å². The van der Waals surface area contributed by atoms with Crippen molar-refractivity contribution in [2.45, 2.75) is 6.92 Å². The van der Waals surface area contributed by atoms with Crippen molar-refractivity contribution in [3.63, 3.8) is 0 Å². The molecule has 158 valence electrons. The van der Waals surface area contributed by atoms with Gasteiger partial charge in [0.05, 0.1) is 17.7 Å². The monoisotopic (exact) mass is 505 g/mol. The molecule has 1 aromatic carbocycles. The highest BCUT2D eigenvalue weighted by atomic mass is 79.9. The maximum atomic E-state index is 13.3. The number of esters is 1. The summed E-state index contributed by atoms with van der Waals surface area (Å²) >= 11 is 4.18. The summed E-state index contributed by atoms with van der Waals surface area (Å²) in [5.74, 6) is -1.76. The number of anilines is 1. The fourth-order valence-corrected chi connectivity index (χ4v) is 4.09. The van der Waals surface area contributed by atoms with Gasteiger partial charge in [0.25, 0.3) is 11.5 Å². The van der Waals surface area contributed by atoms with Gasteiger partial charge in [-0.2, -0.15) is 9.78 Å². The van der Waals surface area contributed by atoms with Crippen molar-refractivity contribution in [2.75, 3.05) is 11.9 Å². The fourth-order valence-electron chi connectivity index (χ4n) is 2.85. The van der Waals surface area contributed by atoms with Gasteiger partial charge >= 0.3 is 5.97 Å². The molecular weight excluding hydrogens is 493 g/mol. The molecule has 8 nitrogen and oxygen atoms in total. The normalized spacial score (nSPS) is 10.9. The molecule has 11 heteroatoms. The molecule has 0 radical (unpaired) electrons. The highest BCUT2D eigenvalue weighted by molar-refractivity contribution is 9.10. The molecule has 3 aromatic heterocycles. The molecule has 0 aliphatic carbocycles. The number of hydrogen-bond donors (Lipinski definition) is 1. The lowest BCUT2D eigenvalue weighted by molar-refractivity contribution is 0.0520. The molecule has 31 heavy (non-hydrogen) atoms. The van der Waals surface area contributed by atoms with Crippen molar-refractivity contribution < 1.29 is 23.1 Å². The molecule has 0 aliphatic heterocycles. The maximum absolute atomic E-state index is 13.3. The maximum Gasteiger partial charge on any atom is 0.359 e. The van der Waals surface area contributed by atoms with Crippen LogP contribution >= 0.6 is 27.3 Å². The van der Waals surface area contributed by atoms with E-state index in [2.05, 4.69) is 26.3 Å². The number of fused-ring (bicyclic) bond motifs is 1. The first-order valence-electron chi connectivity index (χ1n) is 8.93. The highest BCUT2D eigenvalue weighted by Crippen LogP contribution is 2.31. The Labute approximate surface area is 186 Å². The molecule has 4 aromatic rings. The fraction of sp³-hybridized carbons (Fsp3) is 0.100. The zero-order chi connectivity index (χ0) is 22.1. The van der Waals surface area contributed by atoms with Gasteiger partial charge in [0.15, 0.2) is 16.1 Å². The second kappa shape index (κ2) is 8.44. The van der Waals surface area contributed by atoms with Gasteiger partial charge in [-0.1, -0.05) is 0 Å². The number of carbonyl (C=O) groups excluding carboxylic acids is 2. The summed E-state index contributed by atoms with van der Waals surface area (Å²) in [7, 11) is 0. The smallest absolute Gasteiger partial charge is 0.359 e. The summed E-state index contributed by atoms with van der Waals surface area (Å²) in [5, 5.41) is 8.85. The predicted molar refractivity (Wildman–Crippen MR) is 115 cm³/mol. The Morgan fingerprint density at radius 1 is 1.26 bits per heavy atom. The summed E-state index contributed by atoms with van der Waals surface area (Å²) in [5.41, 5.74) is -0.442. The van der Waals surface area contributed by atoms with E-state index >= 15 is 0 Å². The third-order valence-electron chi connectivity index (χ3n) is 4.22. The van der Waals surface area contributed by atoms with Crippen molar-refractivity contribution in [1.82, 2.24) is 9.78 Å². The molecule has 0 atom stereocenters. The first-order chi connectivity index (χ1) is 14.9. The van der Waals surface area contributed by atoms with Crippen LogP contribution in [0.5, 0.6) is 0 Å². The molecule has 0 unspecified atom stereocenters. The first-order valence-corrected chi connectivity index (χ1v) is 10.6. The van der Waals surface area contributed by atoms with Crippen LogP contribution in [-0.2, 0) is 4.74 Å². The van der Waals surface area contributed by atoms with Crippen molar-refractivity contribution in [1.29, 1.82) is 0 Å². The molecule has 3 heterocycles. The van der Waals surface area contributed by atoms with E-state index in [-0.39, 0.29) is 39.5 Å². The van der Waals surface area contributed by atoms with Gasteiger partial charge in [-0.25, -0.2) is 9.18 Å². The number of carbonyl (C=O) groups is 2. The molecule has 1 amide bonds. The lowest BCUT2D eigenvalue weighted by atomic mass is 10.2. The van der Waals surface area contributed by atoms with E-state index in [1.54, 1.807) is 18.4 Å². The van der Waals surface area contributed by atoms with Crippen LogP contribution < -0.4 is 10.9 Å². The van der Waals surface area contributed by atoms with Crippen molar-refractivity contribution in [3.8, 4) is 5.69 Å². The molecule has 0 saturated carbocycles. The molecule has 4 rings (SSSR count). The largest absolute Gasteiger partial charge is 0.461 e. The molecule has 1 N–H and O–H groups in total. The Hall–Kier alpha value is -3.31. The van der Waals surface area contributed by atoms with Crippen molar-refractivity contribution >= 4 is 54.9 Å². The number of thiophene rings is 1. The van der Waals surface area contributed by atoms with Crippen LogP contribution in [-0.4, -0.2) is 28.3 Å². The number of benzene rings is 1. The van der Waals surface area contributed by atoms with Gasteiger partial charge in [-0.05, 0) is 59.3 Å². The average Bonchev–Trinajstić information content (AvgIpc) is 3.36. The summed E-state index contributed by atoms with van der Waals surface area (Å²) in [6.07, 6.45) is 0. The van der Waals surface area contributed by atoms with Crippen LogP contribution in [0, 0.1) is 5.82 Å². The number of furan rings is 1. The van der Waals surface area contributed by atoms with Gasteiger partial charge < -0.3 is 14.5 Å². The standard InChI is InChI=1S/C20H13BrFN3O5S/c1-2-29-20(28)16-12-9-31-18(23-17(26)13-7-8-14(21)30-13)15(12)19(27)25(24-16)11-5-3-10(22)4-6-11/h3-9H,2H2,1H3,(H,23,26). The molecule has 0 saturated heterocycles. The predicted octanol–water partition coefficient (Wildman–Crippen LogP) is 4.37. The first kappa shape index (κ1) is 20.9. The van der Waals surface area contributed by atoms with Crippen LogP contribution in [0.25, 0.3) is 16.5 Å². The van der Waals surface area contributed by atoms with Crippen LogP contribution in [0.15, 0.2) is 55.7 Å². The van der Waals surface area contributed by atoms with Gasteiger partial charge in [0, 0.05) is 10.8 Å². The summed E-state index contributed by atoms with van der Waals surface area (Å²) in [6.45, 7) is 1.75. The Morgan fingerprint density at radius 2 is 2.00 bits per heavy atom. The number of amides is 1. The second-order valence-corrected chi connectivity index (χ2v) is 7.84. The van der Waals surface area contributed by atoms with Crippen molar-refractivity contribution in [2.24, 2.45) is 0 Å². The highest BCUT2D eigenvalue weighted by Gasteiger charge is 2.24. The summed E-state index contributed by atoms with van der Waals surface area (Å²) in [4.78, 5) is 38.2. The van der Waals surface area contributed by atoms with Crippen LogP contribution in [0.2, 0.25) is 0 Å². The molecule has 0 bridgehead atoms. The lowest BCUT2D eigenvalue weighted by Crippen LogP contribution is -2.25. The molecular formula is C20H13BrFN3O5S. The molecule has 0 fully saturated rings. The topological polar surface area (TPSA) is 103 Å². The van der Waals surface area contributed by atoms with E-state index in [1.807, 2.05) is 0 Å². The van der Waals surface area contributed by atoms with Gasteiger partial charge in [0.1, 0.15) is 10.8 Å². The van der Waals surface area contributed by atoms with E-state index in [9.17, 15) is 18.8 Å². The van der Waals surface area contributed by atoms with E-state index in [0.717, 1.165) is 16.0 Å². The average molecular weight is 506 g/mol. The number of nitrogens with zero attached hydrogens (tertiary/aromatic N) is 2. The quantitative estimate of drug-likeness (QED) is 0.404. The Kier molecular flexibility index (Phi) is 5.70. The van der Waals surface area contributed by atoms with E-state index in [4.69, 9.17) is 9.15 Å². The Balaban J connectivity index is 1.89. The van der Waals surface area contributed by atoms with Gasteiger partial charge in [0.2, 0.25) is 0 Å². The molecule has 0 aliphatic rings. The lowest BCUT2D eigenvalue weighted by Gasteiger charge is -2.09. The zero-order valence-corrected chi connectivity index (χ0v) is 18.3. The van der Waals surface area contributed by atoms with Gasteiger partial charge in [-0.3, -0.25) is 9.59 Å². The minimum atomic E-state index is -0.728. The zero-order valence-electron chi connectivity index (χ0n) is 15.8. The third kappa shape index (κ3) is 4.01. The van der Waals surface area contributed by atoms with E-state index in [1.165, 1.54) is 30.3 Å². The number of halogens is 2. The van der Waals surface area contributed by atoms with Crippen LogP contribution in [0.1, 0.15) is 28.0 Å². The third-order valence-corrected chi connectivity index (χ3v) is 5.54. The minimum absolute atomic E-state index is 0.0342. The SMILES string of the molecule is CCOC(=O)c1nn(-c2ccc(F)cc2)c(=O)c2c(NC(=O)c3ccc(Br)o3)scc12. The number of hydrogen-bond acceptors (Lipinski definition) is 7. The van der Waals surface area contributed by atoms with Crippen LogP contribution in [0.4, 0.5) is 9.39 Å². The molecule has 0 spiro atoms. The van der Waals surface area contributed by atoms with E-state index < -0.39 is 23.3 Å². The number of rotatable bonds is 5.